The van der Waals surface area contributed by atoms with Gasteiger partial charge in [0.05, 0.1) is 31.0 Å². The number of hydrazone groups is 1. The van der Waals surface area contributed by atoms with Gasteiger partial charge in [0.2, 0.25) is 11.8 Å². The molecule has 16 nitrogen and oxygen atoms in total. The number of carboxylic acid groups (broad SMARTS) is 2. The predicted octanol–water partition coefficient (Wildman–Crippen LogP) is 0.198. The summed E-state index contributed by atoms with van der Waals surface area (Å²) in [5.74, 6) is -7.39. The molecule has 290 valence electrons. The molecule has 4 rings (SSSR count). The van der Waals surface area contributed by atoms with Crippen molar-refractivity contribution in [3.05, 3.63) is 65.5 Å². The molecule has 0 spiro atoms. The van der Waals surface area contributed by atoms with Crippen LogP contribution in [0.15, 0.2) is 47.7 Å². The summed E-state index contributed by atoms with van der Waals surface area (Å²) < 4.78 is 72.7. The topological polar surface area (TPSA) is 245 Å². The monoisotopic (exact) mass is 760 g/mol. The molecule has 0 unspecified atom stereocenters. The summed E-state index contributed by atoms with van der Waals surface area (Å²) in [4.78, 5) is 64.8. The van der Waals surface area contributed by atoms with E-state index in [1.807, 2.05) is 0 Å². The van der Waals surface area contributed by atoms with Crippen LogP contribution < -0.4 is 11.1 Å². The molecule has 1 aromatic heterocycles. The fourth-order valence-corrected chi connectivity index (χ4v) is 5.16. The number of nitrogens with two attached hydrogens (primary N) is 1. The number of alkyl halides is 3. The minimum atomic E-state index is -4.71. The molecule has 1 aromatic carbocycles. The van der Waals surface area contributed by atoms with E-state index in [1.54, 1.807) is 18.2 Å². The number of nitrogens with one attached hydrogen (secondary N) is 1. The number of aromatic nitrogens is 1. The molecule has 7 N–H and O–H groups in total. The van der Waals surface area contributed by atoms with Gasteiger partial charge in [0.25, 0.3) is 5.91 Å². The van der Waals surface area contributed by atoms with E-state index in [-0.39, 0.29) is 43.8 Å². The summed E-state index contributed by atoms with van der Waals surface area (Å²) in [7, 11) is 0. The molecule has 3 amide bonds. The van der Waals surface area contributed by atoms with Gasteiger partial charge in [-0.15, -0.1) is 0 Å². The first kappa shape index (κ1) is 42.3. The maximum absolute atomic E-state index is 14.1. The molecule has 2 aliphatic heterocycles. The molecule has 0 bridgehead atoms. The van der Waals surface area contributed by atoms with Gasteiger partial charge in [-0.05, 0) is 38.5 Å². The van der Waals surface area contributed by atoms with Gasteiger partial charge in [-0.3, -0.25) is 19.4 Å². The Kier molecular flexibility index (Phi) is 13.7. The summed E-state index contributed by atoms with van der Waals surface area (Å²) in [6, 6.07) is 6.56. The molecule has 53 heavy (non-hydrogen) atoms. The van der Waals surface area contributed by atoms with Crippen LogP contribution in [0.3, 0.4) is 0 Å². The normalized spacial score (nSPS) is 18.9. The number of carbonyl (C=O) groups is 5. The van der Waals surface area contributed by atoms with Crippen LogP contribution >= 0.6 is 0 Å². The first-order valence-electron chi connectivity index (χ1n) is 15.6. The standard InChI is InChI=1S/C28H31F5N6O4.C4H6O6/c1-26(2,34)24(41)36-21(15-43-14-17-6-7-18(29)11-20(17)30)23(40)38-10-8-27(12-19-5-3-4-9-35-19)22(13-38)37-39(25(27)42)16-28(31,32)33;5-1(3(7)8)2(6)4(9)10/h3-7,9,11,21H,8,10,12-16,34H2,1-2H3,(H,36,41);1-2,5-6H,(H,7,8)(H,9,10)/t21-,27+;1-,2-/m11/s1. The number of hydrogen-bond acceptors (Lipinski definition) is 11. The lowest BCUT2D eigenvalue weighted by atomic mass is 9.73. The lowest BCUT2D eigenvalue weighted by Crippen LogP contribution is -2.60. The highest BCUT2D eigenvalue weighted by Crippen LogP contribution is 2.40. The molecular formula is C32H37F5N6O10. The third-order valence-electron chi connectivity index (χ3n) is 7.99. The number of likely N-dealkylation sites (tertiary alicyclic amines) is 1. The predicted molar refractivity (Wildman–Crippen MR) is 170 cm³/mol. The van der Waals surface area contributed by atoms with Crippen molar-refractivity contribution in [1.82, 2.24) is 20.2 Å². The average molecular weight is 761 g/mol. The van der Waals surface area contributed by atoms with Gasteiger partial charge in [0.15, 0.2) is 12.2 Å². The molecule has 4 atom stereocenters. The van der Waals surface area contributed by atoms with Gasteiger partial charge in [-0.1, -0.05) is 12.1 Å². The van der Waals surface area contributed by atoms with E-state index in [1.165, 1.54) is 31.0 Å². The largest absolute Gasteiger partial charge is 0.479 e. The van der Waals surface area contributed by atoms with Crippen LogP contribution in [0, 0.1) is 17.0 Å². The van der Waals surface area contributed by atoms with Crippen molar-refractivity contribution in [2.45, 2.75) is 63.3 Å². The zero-order valence-electron chi connectivity index (χ0n) is 28.2. The number of amides is 3. The van der Waals surface area contributed by atoms with Gasteiger partial charge < -0.3 is 41.1 Å². The third kappa shape index (κ3) is 11.2. The number of carbonyl (C=O) groups excluding carboxylic acids is 3. The van der Waals surface area contributed by atoms with Crippen LogP contribution in [-0.4, -0.2) is 127 Å². The Bertz CT molecular complexity index is 1690. The van der Waals surface area contributed by atoms with E-state index >= 15 is 0 Å². The van der Waals surface area contributed by atoms with Gasteiger partial charge in [0, 0.05) is 36.5 Å². The van der Waals surface area contributed by atoms with Crippen LogP contribution in [0.25, 0.3) is 0 Å². The molecule has 21 heteroatoms. The molecule has 0 radical (unpaired) electrons. The van der Waals surface area contributed by atoms with Gasteiger partial charge in [-0.2, -0.15) is 18.3 Å². The number of aliphatic hydroxyl groups excluding tert-OH is 2. The number of fused-ring (bicyclic) bond motifs is 1. The number of nitrogens with zero attached hydrogens (tertiary/aromatic N) is 4. The van der Waals surface area contributed by atoms with E-state index in [2.05, 4.69) is 15.4 Å². The Morgan fingerprint density at radius 2 is 1.70 bits per heavy atom. The first-order chi connectivity index (χ1) is 24.6. The first-order valence-corrected chi connectivity index (χ1v) is 15.6. The average Bonchev–Trinajstić information content (AvgIpc) is 3.32. The number of piperidine rings is 1. The van der Waals surface area contributed by atoms with Crippen LogP contribution in [0.5, 0.6) is 0 Å². The molecule has 1 saturated heterocycles. The number of carboxylic acids is 2. The van der Waals surface area contributed by atoms with Crippen molar-refractivity contribution >= 4 is 35.4 Å². The van der Waals surface area contributed by atoms with E-state index in [9.17, 15) is 45.9 Å². The lowest BCUT2D eigenvalue weighted by molar-refractivity contribution is -0.165. The molecule has 0 aliphatic carbocycles. The summed E-state index contributed by atoms with van der Waals surface area (Å²) in [6.45, 7) is 0.111. The fraction of sp³-hybridized carbons (Fsp3) is 0.469. The minimum Gasteiger partial charge on any atom is -0.479 e. The second-order valence-electron chi connectivity index (χ2n) is 12.7. The van der Waals surface area contributed by atoms with Crippen molar-refractivity contribution in [2.75, 3.05) is 26.2 Å². The Morgan fingerprint density at radius 3 is 2.23 bits per heavy atom. The van der Waals surface area contributed by atoms with Crippen molar-refractivity contribution in [3.8, 4) is 0 Å². The van der Waals surface area contributed by atoms with Gasteiger partial charge >= 0.3 is 18.1 Å². The number of ether oxygens (including phenoxy) is 1. The number of aliphatic carboxylic acids is 2. The van der Waals surface area contributed by atoms with Gasteiger partial charge in [0.1, 0.15) is 29.6 Å². The van der Waals surface area contributed by atoms with E-state index < -0.39 is 89.8 Å². The molecule has 3 heterocycles. The van der Waals surface area contributed by atoms with E-state index in [0.717, 1.165) is 6.07 Å². The van der Waals surface area contributed by atoms with Crippen molar-refractivity contribution in [3.63, 3.8) is 0 Å². The number of aliphatic hydroxyl groups is 2. The molecule has 2 aliphatic rings. The molecule has 0 saturated carbocycles. The number of hydrogen-bond donors (Lipinski definition) is 6. The Morgan fingerprint density at radius 1 is 1.06 bits per heavy atom. The highest BCUT2D eigenvalue weighted by Gasteiger charge is 2.55. The highest BCUT2D eigenvalue weighted by atomic mass is 19.4. The van der Waals surface area contributed by atoms with Crippen LogP contribution in [0.2, 0.25) is 0 Å². The number of pyridine rings is 1. The lowest BCUT2D eigenvalue weighted by Gasteiger charge is -2.39. The Balaban J connectivity index is 0.000000661. The fourth-order valence-electron chi connectivity index (χ4n) is 5.16. The summed E-state index contributed by atoms with van der Waals surface area (Å²) in [6.07, 6.45) is -7.81. The maximum atomic E-state index is 14.1. The maximum Gasteiger partial charge on any atom is 0.408 e. The van der Waals surface area contributed by atoms with E-state index in [0.29, 0.717) is 16.8 Å². The summed E-state index contributed by atoms with van der Waals surface area (Å²) >= 11 is 0. The van der Waals surface area contributed by atoms with Crippen molar-refractivity contribution in [1.29, 1.82) is 0 Å². The zero-order chi connectivity index (χ0) is 39.9. The summed E-state index contributed by atoms with van der Waals surface area (Å²) in [5.41, 5.74) is 3.59. The van der Waals surface area contributed by atoms with E-state index in [4.69, 9.17) is 30.9 Å². The molecule has 2 aromatic rings. The van der Waals surface area contributed by atoms with Crippen LogP contribution in [0.1, 0.15) is 31.5 Å². The van der Waals surface area contributed by atoms with Gasteiger partial charge in [-0.25, -0.2) is 23.4 Å². The number of rotatable bonds is 13. The molecule has 1 fully saturated rings. The van der Waals surface area contributed by atoms with Crippen LogP contribution in [-0.2, 0) is 41.7 Å². The zero-order valence-corrected chi connectivity index (χ0v) is 28.2. The number of benzene rings is 1. The molecular weight excluding hydrogens is 723 g/mol. The van der Waals surface area contributed by atoms with Crippen molar-refractivity contribution < 1.29 is 71.1 Å². The third-order valence-corrected chi connectivity index (χ3v) is 7.99. The quantitative estimate of drug-likeness (QED) is 0.150. The SMILES string of the molecule is CC(C)(N)C(=O)N[C@H](COCc1ccc(F)cc1F)C(=O)N1CC[C@@]2(Cc3ccccn3)C(=O)N(CC(F)(F)F)N=C2C1.O=C(O)[C@H](O)[C@@H](O)C(=O)O. The Hall–Kier alpha value is -5.12. The second-order valence-corrected chi connectivity index (χ2v) is 12.7. The Labute approximate surface area is 298 Å². The summed E-state index contributed by atoms with van der Waals surface area (Å²) in [5, 5.41) is 39.4. The smallest absolute Gasteiger partial charge is 0.408 e. The van der Waals surface area contributed by atoms with Crippen LogP contribution in [0.4, 0.5) is 22.0 Å². The van der Waals surface area contributed by atoms with Crippen molar-refractivity contribution in [2.24, 2.45) is 16.3 Å². The second kappa shape index (κ2) is 17.1. The minimum absolute atomic E-state index is 0.0129. The highest BCUT2D eigenvalue weighted by molar-refractivity contribution is 6.14. The number of halogens is 5.